The van der Waals surface area contributed by atoms with Crippen molar-refractivity contribution in [3.8, 4) is 5.75 Å². The zero-order valence-electron chi connectivity index (χ0n) is 19.2. The topological polar surface area (TPSA) is 64.1 Å². The molecule has 2 aliphatic rings. The van der Waals surface area contributed by atoms with Gasteiger partial charge >= 0.3 is 0 Å². The number of hydrogen-bond donors (Lipinski definition) is 2. The van der Waals surface area contributed by atoms with Crippen LogP contribution in [0.3, 0.4) is 0 Å². The number of aliphatic imine (C=N–C) groups is 1. The van der Waals surface area contributed by atoms with Crippen LogP contribution in [0.15, 0.2) is 29.3 Å². The first kappa shape index (κ1) is 26.2. The van der Waals surface area contributed by atoms with E-state index in [9.17, 15) is 0 Å². The van der Waals surface area contributed by atoms with Gasteiger partial charge in [0.25, 0.3) is 0 Å². The van der Waals surface area contributed by atoms with Crippen molar-refractivity contribution in [2.45, 2.75) is 62.9 Å². The van der Waals surface area contributed by atoms with Crippen LogP contribution < -0.4 is 15.4 Å². The number of nitrogens with one attached hydrogen (secondary N) is 2. The highest BCUT2D eigenvalue weighted by atomic mass is 127. The lowest BCUT2D eigenvalue weighted by Gasteiger charge is -2.38. The minimum absolute atomic E-state index is 0. The molecule has 0 aromatic heterocycles. The molecule has 0 bridgehead atoms. The largest absolute Gasteiger partial charge is 0.497 e. The van der Waals surface area contributed by atoms with Crippen molar-refractivity contribution in [1.29, 1.82) is 0 Å². The van der Waals surface area contributed by atoms with E-state index in [1.807, 2.05) is 19.2 Å². The number of rotatable bonds is 8. The third kappa shape index (κ3) is 8.09. The SMILES string of the molecule is CN=C(NCCOC1CCCCCC1)NCC1(c2ccc(OC)cc2)CCOCC1.I. The van der Waals surface area contributed by atoms with Gasteiger partial charge in [0, 0.05) is 38.8 Å². The van der Waals surface area contributed by atoms with E-state index in [1.54, 1.807) is 7.11 Å². The highest BCUT2D eigenvalue weighted by Gasteiger charge is 2.34. The summed E-state index contributed by atoms with van der Waals surface area (Å²) in [5.41, 5.74) is 1.37. The van der Waals surface area contributed by atoms with Crippen molar-refractivity contribution in [3.05, 3.63) is 29.8 Å². The lowest BCUT2D eigenvalue weighted by atomic mass is 9.74. The fraction of sp³-hybridized carbons (Fsp3) is 0.708. The first-order chi connectivity index (χ1) is 14.8. The molecule has 1 aromatic rings. The molecule has 2 N–H and O–H groups in total. The molecule has 0 unspecified atom stereocenters. The minimum Gasteiger partial charge on any atom is -0.497 e. The first-order valence-electron chi connectivity index (χ1n) is 11.5. The van der Waals surface area contributed by atoms with Gasteiger partial charge in [-0.05, 0) is 43.4 Å². The van der Waals surface area contributed by atoms with Crippen molar-refractivity contribution in [1.82, 2.24) is 10.6 Å². The Morgan fingerprint density at radius 3 is 2.35 bits per heavy atom. The maximum atomic E-state index is 6.09. The van der Waals surface area contributed by atoms with Crippen molar-refractivity contribution < 1.29 is 14.2 Å². The number of hydrogen-bond acceptors (Lipinski definition) is 4. The van der Waals surface area contributed by atoms with E-state index >= 15 is 0 Å². The molecule has 0 amide bonds. The lowest BCUT2D eigenvalue weighted by Crippen LogP contribution is -2.48. The monoisotopic (exact) mass is 545 g/mol. The molecule has 3 rings (SSSR count). The van der Waals surface area contributed by atoms with Gasteiger partial charge in [-0.2, -0.15) is 0 Å². The smallest absolute Gasteiger partial charge is 0.191 e. The molecule has 176 valence electrons. The number of benzene rings is 1. The van der Waals surface area contributed by atoms with E-state index in [0.717, 1.165) is 57.5 Å². The van der Waals surface area contributed by atoms with Gasteiger partial charge < -0.3 is 24.8 Å². The second-order valence-electron chi connectivity index (χ2n) is 8.46. The molecule has 1 saturated heterocycles. The molecule has 2 fully saturated rings. The maximum Gasteiger partial charge on any atom is 0.191 e. The Morgan fingerprint density at radius 2 is 1.74 bits per heavy atom. The predicted octanol–water partition coefficient (Wildman–Crippen LogP) is 4.27. The number of nitrogens with zero attached hydrogens (tertiary/aromatic N) is 1. The zero-order valence-corrected chi connectivity index (χ0v) is 21.5. The van der Waals surface area contributed by atoms with E-state index in [-0.39, 0.29) is 29.4 Å². The third-order valence-electron chi connectivity index (χ3n) is 6.52. The van der Waals surface area contributed by atoms with Crippen molar-refractivity contribution in [2.75, 3.05) is 47.1 Å². The summed E-state index contributed by atoms with van der Waals surface area (Å²) < 4.78 is 17.1. The molecule has 31 heavy (non-hydrogen) atoms. The third-order valence-corrected chi connectivity index (χ3v) is 6.52. The van der Waals surface area contributed by atoms with Crippen LogP contribution in [0.1, 0.15) is 56.9 Å². The van der Waals surface area contributed by atoms with Gasteiger partial charge in [-0.15, -0.1) is 24.0 Å². The van der Waals surface area contributed by atoms with Gasteiger partial charge in [-0.25, -0.2) is 0 Å². The quantitative estimate of drug-likeness (QED) is 0.168. The Kier molecular flexibility index (Phi) is 12.0. The number of methoxy groups -OCH3 is 1. The van der Waals surface area contributed by atoms with Crippen LogP contribution in [-0.2, 0) is 14.9 Å². The van der Waals surface area contributed by atoms with E-state index in [0.29, 0.717) is 6.10 Å². The fourth-order valence-electron chi connectivity index (χ4n) is 4.55. The Bertz CT molecular complexity index is 640. The van der Waals surface area contributed by atoms with Crippen LogP contribution in [0.5, 0.6) is 5.75 Å². The fourth-order valence-corrected chi connectivity index (χ4v) is 4.55. The predicted molar refractivity (Wildman–Crippen MR) is 137 cm³/mol. The van der Waals surface area contributed by atoms with Gasteiger partial charge in [-0.3, -0.25) is 4.99 Å². The zero-order chi connectivity index (χ0) is 21.1. The average molecular weight is 546 g/mol. The summed E-state index contributed by atoms with van der Waals surface area (Å²) in [4.78, 5) is 4.41. The van der Waals surface area contributed by atoms with Crippen LogP contribution in [0.4, 0.5) is 0 Å². The number of halogens is 1. The van der Waals surface area contributed by atoms with Crippen LogP contribution >= 0.6 is 24.0 Å². The normalized spacial score (nSPS) is 19.7. The molecule has 1 heterocycles. The Labute approximate surface area is 204 Å². The van der Waals surface area contributed by atoms with Crippen molar-refractivity contribution >= 4 is 29.9 Å². The Morgan fingerprint density at radius 1 is 1.06 bits per heavy atom. The van der Waals surface area contributed by atoms with Gasteiger partial charge in [0.15, 0.2) is 5.96 Å². The Hall–Kier alpha value is -1.06. The summed E-state index contributed by atoms with van der Waals surface area (Å²) in [7, 11) is 3.53. The van der Waals surface area contributed by atoms with E-state index in [4.69, 9.17) is 14.2 Å². The summed E-state index contributed by atoms with van der Waals surface area (Å²) in [6, 6.07) is 8.46. The second-order valence-corrected chi connectivity index (χ2v) is 8.46. The van der Waals surface area contributed by atoms with Gasteiger partial charge in [-0.1, -0.05) is 37.8 Å². The average Bonchev–Trinajstić information content (AvgIpc) is 3.08. The van der Waals surface area contributed by atoms with Gasteiger partial charge in [0.05, 0.1) is 19.8 Å². The lowest BCUT2D eigenvalue weighted by molar-refractivity contribution is 0.0465. The van der Waals surface area contributed by atoms with E-state index in [2.05, 4.69) is 27.8 Å². The van der Waals surface area contributed by atoms with Gasteiger partial charge in [0.1, 0.15) is 5.75 Å². The second kappa shape index (κ2) is 14.2. The van der Waals surface area contributed by atoms with E-state index < -0.39 is 0 Å². The molecule has 6 nitrogen and oxygen atoms in total. The number of ether oxygens (including phenoxy) is 3. The molecule has 7 heteroatoms. The first-order valence-corrected chi connectivity index (χ1v) is 11.5. The maximum absolute atomic E-state index is 6.09. The number of guanidine groups is 1. The minimum atomic E-state index is 0. The highest BCUT2D eigenvalue weighted by molar-refractivity contribution is 14.0. The summed E-state index contributed by atoms with van der Waals surface area (Å²) >= 11 is 0. The highest BCUT2D eigenvalue weighted by Crippen LogP contribution is 2.35. The van der Waals surface area contributed by atoms with Crippen LogP contribution in [0, 0.1) is 0 Å². The molecule has 1 saturated carbocycles. The summed E-state index contributed by atoms with van der Waals surface area (Å²) in [6.45, 7) is 3.90. The molecule has 1 aliphatic carbocycles. The molecular weight excluding hydrogens is 505 g/mol. The summed E-state index contributed by atoms with van der Waals surface area (Å²) in [6.07, 6.45) is 10.2. The Balaban J connectivity index is 0.00000341. The van der Waals surface area contributed by atoms with Crippen LogP contribution in [0.2, 0.25) is 0 Å². The molecule has 0 spiro atoms. The molecular formula is C24H40IN3O3. The molecule has 1 aromatic carbocycles. The molecule has 1 aliphatic heterocycles. The van der Waals surface area contributed by atoms with E-state index in [1.165, 1.54) is 44.1 Å². The summed E-state index contributed by atoms with van der Waals surface area (Å²) in [5.74, 6) is 1.72. The summed E-state index contributed by atoms with van der Waals surface area (Å²) in [5, 5.41) is 6.97. The van der Waals surface area contributed by atoms with Crippen LogP contribution in [-0.4, -0.2) is 59.1 Å². The van der Waals surface area contributed by atoms with Crippen molar-refractivity contribution in [2.24, 2.45) is 4.99 Å². The van der Waals surface area contributed by atoms with Gasteiger partial charge in [0.2, 0.25) is 0 Å². The standard InChI is InChI=1S/C24H39N3O3.HI/c1-25-23(26-15-18-30-22-7-5-3-4-6-8-22)27-19-24(13-16-29-17-14-24)20-9-11-21(28-2)12-10-20;/h9-12,22H,3-8,13-19H2,1-2H3,(H2,25,26,27);1H. The van der Waals surface area contributed by atoms with Crippen molar-refractivity contribution in [3.63, 3.8) is 0 Å². The van der Waals surface area contributed by atoms with Crippen LogP contribution in [0.25, 0.3) is 0 Å². The molecule has 0 atom stereocenters. The molecule has 0 radical (unpaired) electrons.